The molecule has 0 bridgehead atoms. The number of hydrogen-bond donors (Lipinski definition) is 1. The number of aliphatic imine (C=N–C) groups is 1. The second kappa shape index (κ2) is 14.2. The van der Waals surface area contributed by atoms with Crippen LogP contribution in [0, 0.1) is 11.7 Å². The highest BCUT2D eigenvalue weighted by Crippen LogP contribution is 2.28. The van der Waals surface area contributed by atoms with Gasteiger partial charge in [-0.1, -0.05) is 31.7 Å². The third-order valence-electron chi connectivity index (χ3n) is 6.08. The number of benzene rings is 1. The van der Waals surface area contributed by atoms with E-state index in [9.17, 15) is 9.50 Å². The quantitative estimate of drug-likeness (QED) is 0.358. The fourth-order valence-electron chi connectivity index (χ4n) is 3.82. The molecule has 2 heterocycles. The molecule has 5 heteroatoms. The Kier molecular flexibility index (Phi) is 11.3. The van der Waals surface area contributed by atoms with E-state index in [4.69, 9.17) is 0 Å². The predicted octanol–water partition coefficient (Wildman–Crippen LogP) is 7.10. The smallest absolute Gasteiger partial charge is 0.132 e. The first-order valence-corrected chi connectivity index (χ1v) is 12.1. The molecule has 0 aliphatic carbocycles. The van der Waals surface area contributed by atoms with Crippen molar-refractivity contribution in [1.82, 2.24) is 9.88 Å². The molecule has 1 aromatic heterocycles. The number of phenols is 1. The Morgan fingerprint density at radius 2 is 1.86 bits per heavy atom. The molecule has 186 valence electrons. The summed E-state index contributed by atoms with van der Waals surface area (Å²) in [6.07, 6.45) is 13.9. The van der Waals surface area contributed by atoms with Crippen LogP contribution in [-0.4, -0.2) is 48.4 Å². The SMILES string of the molecule is C=CC(=C\C(=C/C)c1ccnc(-c2cc(O)ccc2F)c1)/C(C=NC)=C/C.CC1CCN(C)CC1. The molecule has 0 spiro atoms. The van der Waals surface area contributed by atoms with Crippen molar-refractivity contribution in [3.8, 4) is 17.0 Å². The van der Waals surface area contributed by atoms with Crippen molar-refractivity contribution < 1.29 is 9.50 Å². The minimum Gasteiger partial charge on any atom is -0.508 e. The van der Waals surface area contributed by atoms with E-state index in [2.05, 4.69) is 35.4 Å². The number of nitrogens with zero attached hydrogens (tertiary/aromatic N) is 3. The van der Waals surface area contributed by atoms with Gasteiger partial charge in [0.05, 0.1) is 5.69 Å². The summed E-state index contributed by atoms with van der Waals surface area (Å²) in [5.41, 5.74) is 4.42. The van der Waals surface area contributed by atoms with Gasteiger partial charge in [0.15, 0.2) is 0 Å². The molecule has 1 aliphatic rings. The third kappa shape index (κ3) is 8.45. The summed E-state index contributed by atoms with van der Waals surface area (Å²) in [5, 5.41) is 9.67. The van der Waals surface area contributed by atoms with Crippen LogP contribution in [0.25, 0.3) is 16.8 Å². The van der Waals surface area contributed by atoms with Crippen LogP contribution in [0.4, 0.5) is 4.39 Å². The molecular formula is C30H38FN3O. The topological polar surface area (TPSA) is 48.7 Å². The normalized spacial score (nSPS) is 16.2. The standard InChI is InChI=1S/C23H23FN2O.C7H15N/c1-5-16(18(7-3)15-25-4)12-17(6-2)19-10-11-26-23(13-19)21-14-20(27)8-9-22(21)24;1-7-3-5-8(2)6-4-7/h5-15,27H,1H2,2-4H3;7H,3-6H2,1-2H3/b16-12+,17-6+,18-7+,25-15?;. The molecule has 1 saturated heterocycles. The molecule has 3 rings (SSSR count). The second-order valence-corrected chi connectivity index (χ2v) is 8.76. The van der Waals surface area contributed by atoms with Crippen molar-refractivity contribution >= 4 is 11.8 Å². The molecule has 1 aliphatic heterocycles. The Morgan fingerprint density at radius 1 is 1.14 bits per heavy atom. The van der Waals surface area contributed by atoms with Crippen molar-refractivity contribution in [2.75, 3.05) is 27.2 Å². The first kappa shape index (κ1) is 27.9. The van der Waals surface area contributed by atoms with E-state index in [1.807, 2.05) is 38.1 Å². The van der Waals surface area contributed by atoms with Crippen molar-refractivity contribution in [3.63, 3.8) is 0 Å². The lowest BCUT2D eigenvalue weighted by molar-refractivity contribution is 0.230. The van der Waals surface area contributed by atoms with E-state index in [0.29, 0.717) is 5.69 Å². The molecule has 1 N–H and O–H groups in total. The molecule has 35 heavy (non-hydrogen) atoms. The van der Waals surface area contributed by atoms with Crippen molar-refractivity contribution in [1.29, 1.82) is 0 Å². The average molecular weight is 476 g/mol. The van der Waals surface area contributed by atoms with Crippen molar-refractivity contribution in [3.05, 3.63) is 89.9 Å². The van der Waals surface area contributed by atoms with Crippen LogP contribution >= 0.6 is 0 Å². The lowest BCUT2D eigenvalue weighted by Gasteiger charge is -2.26. The molecule has 0 saturated carbocycles. The van der Waals surface area contributed by atoms with E-state index in [0.717, 1.165) is 28.2 Å². The molecule has 0 atom stereocenters. The number of rotatable bonds is 6. The highest BCUT2D eigenvalue weighted by Gasteiger charge is 2.11. The summed E-state index contributed by atoms with van der Waals surface area (Å²) in [6.45, 7) is 12.7. The first-order valence-electron chi connectivity index (χ1n) is 12.1. The molecule has 1 aromatic carbocycles. The van der Waals surface area contributed by atoms with Gasteiger partial charge in [0, 0.05) is 25.0 Å². The Morgan fingerprint density at radius 3 is 2.43 bits per heavy atom. The number of piperidine rings is 1. The summed E-state index contributed by atoms with van der Waals surface area (Å²) in [6, 6.07) is 7.58. The van der Waals surface area contributed by atoms with Gasteiger partial charge in [0.1, 0.15) is 11.6 Å². The van der Waals surface area contributed by atoms with Crippen molar-refractivity contribution in [2.45, 2.75) is 33.6 Å². The summed E-state index contributed by atoms with van der Waals surface area (Å²) in [5.74, 6) is 0.540. The van der Waals surface area contributed by atoms with Crippen molar-refractivity contribution in [2.24, 2.45) is 10.9 Å². The molecule has 0 radical (unpaired) electrons. The van der Waals surface area contributed by atoms with Gasteiger partial charge in [-0.3, -0.25) is 9.98 Å². The summed E-state index contributed by atoms with van der Waals surface area (Å²) >= 11 is 0. The van der Waals surface area contributed by atoms with Gasteiger partial charge in [0.2, 0.25) is 0 Å². The number of phenolic OH excluding ortho intramolecular Hbond substituents is 1. The van der Waals surface area contributed by atoms with E-state index in [1.165, 1.54) is 44.1 Å². The van der Waals surface area contributed by atoms with Crippen LogP contribution in [0.5, 0.6) is 5.75 Å². The number of hydrogen-bond acceptors (Lipinski definition) is 4. The Hall–Kier alpha value is -3.31. The molecule has 0 amide bonds. The zero-order valence-electron chi connectivity index (χ0n) is 21.6. The maximum absolute atomic E-state index is 14.2. The minimum atomic E-state index is -0.433. The molecule has 1 fully saturated rings. The Labute approximate surface area is 209 Å². The maximum atomic E-state index is 14.2. The van der Waals surface area contributed by atoms with Crippen LogP contribution < -0.4 is 0 Å². The Bertz CT molecular complexity index is 1100. The van der Waals surface area contributed by atoms with E-state index in [1.54, 1.807) is 31.6 Å². The summed E-state index contributed by atoms with van der Waals surface area (Å²) < 4.78 is 14.2. The number of halogens is 1. The number of likely N-dealkylation sites (tertiary alicyclic amines) is 1. The van der Waals surface area contributed by atoms with Gasteiger partial charge >= 0.3 is 0 Å². The molecule has 4 nitrogen and oxygen atoms in total. The largest absolute Gasteiger partial charge is 0.508 e. The Balaban J connectivity index is 0.000000456. The van der Waals surface area contributed by atoms with Crippen LogP contribution in [0.1, 0.15) is 39.2 Å². The van der Waals surface area contributed by atoms with Gasteiger partial charge < -0.3 is 10.0 Å². The fourth-order valence-corrected chi connectivity index (χ4v) is 3.82. The van der Waals surface area contributed by atoms with Crippen LogP contribution in [0.3, 0.4) is 0 Å². The first-order chi connectivity index (χ1) is 16.8. The summed E-state index contributed by atoms with van der Waals surface area (Å²) in [4.78, 5) is 10.7. The van der Waals surface area contributed by atoms with Gasteiger partial charge in [-0.25, -0.2) is 4.39 Å². The number of pyridine rings is 1. The van der Waals surface area contributed by atoms with Gasteiger partial charge in [-0.2, -0.15) is 0 Å². The van der Waals surface area contributed by atoms with Gasteiger partial charge in [0.25, 0.3) is 0 Å². The van der Waals surface area contributed by atoms with Gasteiger partial charge in [-0.15, -0.1) is 0 Å². The fraction of sp³-hybridized carbons (Fsp3) is 0.333. The second-order valence-electron chi connectivity index (χ2n) is 8.76. The highest BCUT2D eigenvalue weighted by atomic mass is 19.1. The van der Waals surface area contributed by atoms with E-state index >= 15 is 0 Å². The zero-order valence-corrected chi connectivity index (χ0v) is 21.6. The van der Waals surface area contributed by atoms with Crippen LogP contribution in [0.15, 0.2) is 83.6 Å². The summed E-state index contributed by atoms with van der Waals surface area (Å²) in [7, 11) is 3.92. The van der Waals surface area contributed by atoms with E-state index < -0.39 is 5.82 Å². The number of aromatic nitrogens is 1. The lowest BCUT2D eigenvalue weighted by Crippen LogP contribution is -2.28. The molecular weight excluding hydrogens is 437 g/mol. The average Bonchev–Trinajstić information content (AvgIpc) is 2.87. The van der Waals surface area contributed by atoms with Crippen LogP contribution in [0.2, 0.25) is 0 Å². The third-order valence-corrected chi connectivity index (χ3v) is 6.08. The predicted molar refractivity (Wildman–Crippen MR) is 147 cm³/mol. The van der Waals surface area contributed by atoms with E-state index in [-0.39, 0.29) is 11.3 Å². The number of aromatic hydroxyl groups is 1. The maximum Gasteiger partial charge on any atom is 0.132 e. The molecule has 0 unspecified atom stereocenters. The van der Waals surface area contributed by atoms with Crippen LogP contribution in [-0.2, 0) is 0 Å². The zero-order chi connectivity index (χ0) is 25.8. The molecule has 2 aromatic rings. The van der Waals surface area contributed by atoms with Gasteiger partial charge in [-0.05, 0) is 111 Å². The lowest BCUT2D eigenvalue weighted by atomic mass is 9.98. The monoisotopic (exact) mass is 475 g/mol. The minimum absolute atomic E-state index is 0.00437. The highest BCUT2D eigenvalue weighted by molar-refractivity contribution is 5.88. The number of allylic oxidation sites excluding steroid dienone is 7.